The van der Waals surface area contributed by atoms with Crippen molar-refractivity contribution in [3.05, 3.63) is 0 Å². The second kappa shape index (κ2) is 11.4. The Labute approximate surface area is 195 Å². The van der Waals surface area contributed by atoms with E-state index in [-0.39, 0.29) is 18.4 Å². The van der Waals surface area contributed by atoms with Crippen LogP contribution in [0.25, 0.3) is 0 Å². The number of rotatable bonds is 7. The predicted octanol–water partition coefficient (Wildman–Crippen LogP) is 1.73. The highest BCUT2D eigenvalue weighted by molar-refractivity contribution is 7.99. The van der Waals surface area contributed by atoms with E-state index in [9.17, 15) is 15.0 Å². The molecule has 9 heteroatoms. The molecule has 180 valence electrons. The van der Waals surface area contributed by atoms with Crippen LogP contribution in [0.5, 0.6) is 0 Å². The molecule has 0 aliphatic carbocycles. The lowest BCUT2D eigenvalue weighted by Crippen LogP contribution is -2.59. The highest BCUT2D eigenvalue weighted by Crippen LogP contribution is 2.34. The van der Waals surface area contributed by atoms with E-state index in [1.165, 1.54) is 18.2 Å². The van der Waals surface area contributed by atoms with Crippen molar-refractivity contribution in [1.29, 1.82) is 0 Å². The van der Waals surface area contributed by atoms with E-state index in [0.29, 0.717) is 24.4 Å². The Morgan fingerprint density at radius 2 is 2.03 bits per heavy atom. The normalized spacial score (nSPS) is 40.8. The molecule has 10 atom stereocenters. The number of hydrogen-bond donors (Lipinski definition) is 4. The maximum Gasteiger partial charge on any atom is 0.240 e. The van der Waals surface area contributed by atoms with Crippen LogP contribution in [-0.2, 0) is 14.3 Å². The summed E-state index contributed by atoms with van der Waals surface area (Å²) in [7, 11) is 0. The summed E-state index contributed by atoms with van der Waals surface area (Å²) in [6.45, 7) is 7.78. The Balaban J connectivity index is 1.64. The number of ether oxygens (including phenoxy) is 2. The zero-order valence-corrected chi connectivity index (χ0v) is 20.6. The Morgan fingerprint density at radius 3 is 2.68 bits per heavy atom. The van der Waals surface area contributed by atoms with Gasteiger partial charge in [-0.1, -0.05) is 13.8 Å². The molecule has 0 spiro atoms. The van der Waals surface area contributed by atoms with Crippen LogP contribution in [0.1, 0.15) is 46.5 Å². The molecular formula is C22H39ClN2O5S. The molecule has 3 heterocycles. The Morgan fingerprint density at radius 1 is 1.29 bits per heavy atom. The number of thioether (sulfide) groups is 1. The number of amides is 1. The summed E-state index contributed by atoms with van der Waals surface area (Å²) in [5.41, 5.74) is -0.555. The average molecular weight is 479 g/mol. The molecule has 0 radical (unpaired) electrons. The smallest absolute Gasteiger partial charge is 0.240 e. The molecule has 0 aromatic rings. The third-order valence-corrected chi connectivity index (χ3v) is 7.97. The number of fused-ring (bicyclic) bond motifs is 1. The van der Waals surface area contributed by atoms with Gasteiger partial charge in [-0.05, 0) is 50.2 Å². The van der Waals surface area contributed by atoms with Gasteiger partial charge in [0.15, 0.2) is 0 Å². The van der Waals surface area contributed by atoms with Gasteiger partial charge < -0.3 is 30.3 Å². The molecule has 0 bridgehead atoms. The van der Waals surface area contributed by atoms with Crippen molar-refractivity contribution in [2.45, 2.75) is 93.8 Å². The van der Waals surface area contributed by atoms with E-state index in [1.54, 1.807) is 0 Å². The van der Waals surface area contributed by atoms with Crippen LogP contribution in [-0.4, -0.2) is 82.8 Å². The fourth-order valence-electron chi connectivity index (χ4n) is 5.32. The van der Waals surface area contributed by atoms with Crippen molar-refractivity contribution in [2.75, 3.05) is 19.4 Å². The summed E-state index contributed by atoms with van der Waals surface area (Å²) in [5, 5.41) is 26.4. The van der Waals surface area contributed by atoms with Gasteiger partial charge in [-0.15, -0.1) is 23.4 Å². The maximum atomic E-state index is 13.2. The molecule has 3 aliphatic rings. The van der Waals surface area contributed by atoms with Crippen molar-refractivity contribution in [3.8, 4) is 0 Å². The molecule has 0 aromatic carbocycles. The molecule has 4 N–H and O–H groups in total. The summed E-state index contributed by atoms with van der Waals surface area (Å²) in [6, 6.07) is -0.901. The standard InChI is InChI=1S/C22H39ClN2O5S/c1-11(2)7-13-5-6-29-20-14(8-13)10-24-18(20)21(28)25-17(12(3)23)16-9-15(26)19(27)22(30-16)31-4/h11-20,22,24,26-27H,5-10H2,1-4H3,(H,25,28)/t12-,13-,14-,15?,16-,17+,18-,19+,20+,22?/m0/s1. The fraction of sp³-hybridized carbons (Fsp3) is 0.955. The van der Waals surface area contributed by atoms with Crippen LogP contribution in [0.4, 0.5) is 0 Å². The highest BCUT2D eigenvalue weighted by Gasteiger charge is 2.46. The van der Waals surface area contributed by atoms with Crippen LogP contribution in [0.2, 0.25) is 0 Å². The lowest BCUT2D eigenvalue weighted by atomic mass is 9.85. The van der Waals surface area contributed by atoms with Gasteiger partial charge in [0.05, 0.1) is 29.7 Å². The molecule has 31 heavy (non-hydrogen) atoms. The zero-order chi connectivity index (χ0) is 22.7. The Bertz CT molecular complexity index is 598. The van der Waals surface area contributed by atoms with E-state index >= 15 is 0 Å². The van der Waals surface area contributed by atoms with Crippen molar-refractivity contribution >= 4 is 29.3 Å². The van der Waals surface area contributed by atoms with Crippen LogP contribution in [0.3, 0.4) is 0 Å². The number of carbonyl (C=O) groups is 1. The summed E-state index contributed by atoms with van der Waals surface area (Å²) in [4.78, 5) is 13.2. The molecular weight excluding hydrogens is 440 g/mol. The van der Waals surface area contributed by atoms with Gasteiger partial charge in [0, 0.05) is 19.6 Å². The first-order valence-electron chi connectivity index (χ1n) is 11.5. The second-order valence-electron chi connectivity index (χ2n) is 9.79. The van der Waals surface area contributed by atoms with Crippen LogP contribution in [0, 0.1) is 17.8 Å². The highest BCUT2D eigenvalue weighted by atomic mass is 35.5. The first kappa shape index (κ1) is 25.5. The maximum absolute atomic E-state index is 13.2. The summed E-state index contributed by atoms with van der Waals surface area (Å²) in [6.07, 6.45) is 2.88. The Kier molecular flexibility index (Phi) is 9.36. The number of aliphatic hydroxyl groups is 2. The topological polar surface area (TPSA) is 100 Å². The van der Waals surface area contributed by atoms with Crippen LogP contribution >= 0.6 is 23.4 Å². The fourth-order valence-corrected chi connectivity index (χ4v) is 6.26. The minimum absolute atomic E-state index is 0.137. The molecule has 3 fully saturated rings. The van der Waals surface area contributed by atoms with Crippen molar-refractivity contribution in [3.63, 3.8) is 0 Å². The molecule has 0 aromatic heterocycles. The minimum Gasteiger partial charge on any atom is -0.390 e. The Hall–Kier alpha value is -0.0900. The van der Waals surface area contributed by atoms with E-state index in [0.717, 1.165) is 19.4 Å². The van der Waals surface area contributed by atoms with Gasteiger partial charge in [-0.3, -0.25) is 4.79 Å². The SMILES string of the molecule is CSC1O[C@H]([C@H](NC(=O)[C@H]2NC[C@@H]3C[C@H](CC(C)C)CCO[C@H]32)[C@H](C)Cl)CC(O)[C@H]1O. The van der Waals surface area contributed by atoms with E-state index in [2.05, 4.69) is 24.5 Å². The van der Waals surface area contributed by atoms with Crippen molar-refractivity contribution in [1.82, 2.24) is 10.6 Å². The second-order valence-corrected chi connectivity index (χ2v) is 11.4. The third-order valence-electron chi connectivity index (χ3n) is 6.85. The van der Waals surface area contributed by atoms with Crippen molar-refractivity contribution in [2.24, 2.45) is 17.8 Å². The largest absolute Gasteiger partial charge is 0.390 e. The van der Waals surface area contributed by atoms with Crippen LogP contribution < -0.4 is 10.6 Å². The van der Waals surface area contributed by atoms with E-state index in [4.69, 9.17) is 21.1 Å². The molecule has 7 nitrogen and oxygen atoms in total. The first-order chi connectivity index (χ1) is 14.7. The van der Waals surface area contributed by atoms with Gasteiger partial charge in [0.25, 0.3) is 0 Å². The predicted molar refractivity (Wildman–Crippen MR) is 123 cm³/mol. The number of halogens is 1. The number of hydrogen-bond acceptors (Lipinski definition) is 7. The first-order valence-corrected chi connectivity index (χ1v) is 13.3. The summed E-state index contributed by atoms with van der Waals surface area (Å²) in [5.74, 6) is 1.49. The number of aliphatic hydroxyl groups excluding tert-OH is 2. The van der Waals surface area contributed by atoms with Gasteiger partial charge >= 0.3 is 0 Å². The lowest BCUT2D eigenvalue weighted by Gasteiger charge is -2.41. The van der Waals surface area contributed by atoms with Gasteiger partial charge in [-0.25, -0.2) is 0 Å². The molecule has 3 saturated heterocycles. The van der Waals surface area contributed by atoms with Crippen molar-refractivity contribution < 1.29 is 24.5 Å². The van der Waals surface area contributed by atoms with E-state index < -0.39 is 41.2 Å². The number of nitrogens with one attached hydrogen (secondary N) is 2. The number of alkyl halides is 1. The summed E-state index contributed by atoms with van der Waals surface area (Å²) < 4.78 is 12.1. The van der Waals surface area contributed by atoms with Crippen LogP contribution in [0.15, 0.2) is 0 Å². The van der Waals surface area contributed by atoms with Gasteiger partial charge in [0.1, 0.15) is 17.6 Å². The van der Waals surface area contributed by atoms with Gasteiger partial charge in [0.2, 0.25) is 5.91 Å². The molecule has 2 unspecified atom stereocenters. The molecule has 1 amide bonds. The molecule has 3 aliphatic heterocycles. The molecule has 0 saturated carbocycles. The third kappa shape index (κ3) is 6.28. The number of carbonyl (C=O) groups excluding carboxylic acids is 1. The van der Waals surface area contributed by atoms with Gasteiger partial charge in [-0.2, -0.15) is 0 Å². The monoisotopic (exact) mass is 478 g/mol. The zero-order valence-electron chi connectivity index (χ0n) is 19.0. The molecule has 3 rings (SSSR count). The minimum atomic E-state index is -0.955. The average Bonchev–Trinajstić information content (AvgIpc) is 2.99. The lowest BCUT2D eigenvalue weighted by molar-refractivity contribution is -0.148. The van der Waals surface area contributed by atoms with E-state index in [1.807, 2.05) is 13.2 Å². The quantitative estimate of drug-likeness (QED) is 0.413. The summed E-state index contributed by atoms with van der Waals surface area (Å²) >= 11 is 7.77.